The predicted octanol–water partition coefficient (Wildman–Crippen LogP) is 4.13. The minimum Gasteiger partial charge on any atom is -0.360 e. The quantitative estimate of drug-likeness (QED) is 0.738. The van der Waals surface area contributed by atoms with E-state index >= 15 is 0 Å². The molecular weight excluding hydrogens is 290 g/mol. The normalized spacial score (nSPS) is 10.6. The number of hydrogen-bond donors (Lipinski definition) is 2. The number of anilines is 4. The number of aryl methyl sites for hydroxylation is 3. The molecule has 0 radical (unpaired) electrons. The maximum Gasteiger partial charge on any atom is 0.230 e. The first-order valence-electron chi connectivity index (χ1n) is 7.54. The molecule has 2 aromatic heterocycles. The highest BCUT2D eigenvalue weighted by molar-refractivity contribution is 5.65. The van der Waals surface area contributed by atoms with Gasteiger partial charge in [0, 0.05) is 18.0 Å². The Bertz CT molecular complexity index is 812. The van der Waals surface area contributed by atoms with Crippen molar-refractivity contribution < 1.29 is 4.52 Å². The summed E-state index contributed by atoms with van der Waals surface area (Å²) in [7, 11) is 0. The first kappa shape index (κ1) is 15.0. The van der Waals surface area contributed by atoms with E-state index in [1.54, 1.807) is 12.3 Å². The fourth-order valence-electron chi connectivity index (χ4n) is 2.36. The molecule has 2 heterocycles. The van der Waals surface area contributed by atoms with Crippen LogP contribution in [0.4, 0.5) is 23.3 Å². The van der Waals surface area contributed by atoms with E-state index < -0.39 is 0 Å². The minimum atomic E-state index is 0.468. The number of rotatable bonds is 5. The highest BCUT2D eigenvalue weighted by Gasteiger charge is 2.07. The van der Waals surface area contributed by atoms with Crippen molar-refractivity contribution in [2.45, 2.75) is 27.2 Å². The summed E-state index contributed by atoms with van der Waals surface area (Å²) in [5, 5.41) is 10.3. The largest absolute Gasteiger partial charge is 0.360 e. The molecule has 0 aliphatic heterocycles. The molecule has 2 N–H and O–H groups in total. The van der Waals surface area contributed by atoms with E-state index in [9.17, 15) is 0 Å². The molecule has 0 fully saturated rings. The Kier molecular flexibility index (Phi) is 4.23. The summed E-state index contributed by atoms with van der Waals surface area (Å²) in [5.74, 6) is 2.51. The molecular formula is C17H19N5O. The Morgan fingerprint density at radius 3 is 2.70 bits per heavy atom. The molecule has 1 aromatic carbocycles. The fourth-order valence-corrected chi connectivity index (χ4v) is 2.36. The third-order valence-corrected chi connectivity index (χ3v) is 3.52. The second kappa shape index (κ2) is 6.48. The molecule has 6 nitrogen and oxygen atoms in total. The topological polar surface area (TPSA) is 75.9 Å². The summed E-state index contributed by atoms with van der Waals surface area (Å²) >= 11 is 0. The van der Waals surface area contributed by atoms with Crippen molar-refractivity contribution in [1.29, 1.82) is 0 Å². The molecule has 6 heteroatoms. The molecule has 3 rings (SSSR count). The summed E-state index contributed by atoms with van der Waals surface area (Å²) in [6.07, 6.45) is 2.66. The molecule has 3 aromatic rings. The maximum absolute atomic E-state index is 5.02. The fraction of sp³-hybridized carbons (Fsp3) is 0.235. The predicted molar refractivity (Wildman–Crippen MR) is 90.4 cm³/mol. The lowest BCUT2D eigenvalue weighted by Crippen LogP contribution is -2.03. The number of para-hydroxylation sites is 1. The van der Waals surface area contributed by atoms with Gasteiger partial charge in [-0.1, -0.05) is 30.3 Å². The zero-order valence-corrected chi connectivity index (χ0v) is 13.4. The van der Waals surface area contributed by atoms with Gasteiger partial charge >= 0.3 is 0 Å². The van der Waals surface area contributed by atoms with Crippen molar-refractivity contribution >= 4 is 23.3 Å². The molecule has 118 valence electrons. The van der Waals surface area contributed by atoms with E-state index in [1.165, 1.54) is 11.1 Å². The third-order valence-electron chi connectivity index (χ3n) is 3.52. The maximum atomic E-state index is 5.02. The van der Waals surface area contributed by atoms with Gasteiger partial charge in [0.1, 0.15) is 11.6 Å². The lowest BCUT2D eigenvalue weighted by atomic mass is 10.1. The van der Waals surface area contributed by atoms with Crippen LogP contribution in [0.2, 0.25) is 0 Å². The zero-order valence-electron chi connectivity index (χ0n) is 13.4. The Morgan fingerprint density at radius 1 is 1.09 bits per heavy atom. The van der Waals surface area contributed by atoms with Crippen LogP contribution in [0.25, 0.3) is 0 Å². The summed E-state index contributed by atoms with van der Waals surface area (Å²) in [4.78, 5) is 8.68. The molecule has 0 aliphatic rings. The van der Waals surface area contributed by atoms with E-state index in [0.29, 0.717) is 11.8 Å². The second-order valence-electron chi connectivity index (χ2n) is 5.30. The van der Waals surface area contributed by atoms with Crippen LogP contribution in [0.3, 0.4) is 0 Å². The Labute approximate surface area is 135 Å². The standard InChI is InChI=1S/C17H19N5O/c1-4-13-7-5-6-11(2)16(13)19-14-8-9-18-17(20-14)21-15-10-12(3)23-22-15/h5-10H,4H2,1-3H3,(H2,18,19,20,21,22). The highest BCUT2D eigenvalue weighted by atomic mass is 16.5. The van der Waals surface area contributed by atoms with Crippen molar-refractivity contribution in [1.82, 2.24) is 15.1 Å². The van der Waals surface area contributed by atoms with Crippen LogP contribution in [-0.2, 0) is 6.42 Å². The van der Waals surface area contributed by atoms with Crippen LogP contribution in [0.15, 0.2) is 41.1 Å². The van der Waals surface area contributed by atoms with Crippen LogP contribution in [0.1, 0.15) is 23.8 Å². The average Bonchev–Trinajstić information content (AvgIpc) is 2.95. The van der Waals surface area contributed by atoms with Crippen molar-refractivity contribution in [3.05, 3.63) is 53.4 Å². The molecule has 0 amide bonds. The lowest BCUT2D eigenvalue weighted by molar-refractivity contribution is 0.400. The van der Waals surface area contributed by atoms with E-state index in [1.807, 2.05) is 13.0 Å². The summed E-state index contributed by atoms with van der Waals surface area (Å²) in [5.41, 5.74) is 3.53. The molecule has 0 bridgehead atoms. The van der Waals surface area contributed by atoms with Gasteiger partial charge in [0.15, 0.2) is 5.82 Å². The summed E-state index contributed by atoms with van der Waals surface area (Å²) < 4.78 is 5.02. The van der Waals surface area contributed by atoms with Crippen LogP contribution < -0.4 is 10.6 Å². The van der Waals surface area contributed by atoms with Gasteiger partial charge in [0.05, 0.1) is 0 Å². The van der Waals surface area contributed by atoms with E-state index in [-0.39, 0.29) is 0 Å². The van der Waals surface area contributed by atoms with Gasteiger partial charge in [-0.25, -0.2) is 4.98 Å². The SMILES string of the molecule is CCc1cccc(C)c1Nc1ccnc(Nc2cc(C)on2)n1. The van der Waals surface area contributed by atoms with Gasteiger partial charge in [-0.2, -0.15) is 4.98 Å². The third kappa shape index (κ3) is 3.48. The van der Waals surface area contributed by atoms with Crippen molar-refractivity contribution in [3.8, 4) is 0 Å². The number of hydrogen-bond acceptors (Lipinski definition) is 6. The van der Waals surface area contributed by atoms with Crippen molar-refractivity contribution in [2.75, 3.05) is 10.6 Å². The van der Waals surface area contributed by atoms with E-state index in [2.05, 4.69) is 57.8 Å². The van der Waals surface area contributed by atoms with Gasteiger partial charge in [-0.15, -0.1) is 0 Å². The van der Waals surface area contributed by atoms with Crippen LogP contribution in [0, 0.1) is 13.8 Å². The van der Waals surface area contributed by atoms with Crippen LogP contribution in [-0.4, -0.2) is 15.1 Å². The molecule has 0 unspecified atom stereocenters. The van der Waals surface area contributed by atoms with Gasteiger partial charge in [0.25, 0.3) is 0 Å². The van der Waals surface area contributed by atoms with Gasteiger partial charge < -0.3 is 15.2 Å². The smallest absolute Gasteiger partial charge is 0.230 e. The molecule has 0 atom stereocenters. The summed E-state index contributed by atoms with van der Waals surface area (Å²) in [6, 6.07) is 9.90. The van der Waals surface area contributed by atoms with Crippen molar-refractivity contribution in [2.24, 2.45) is 0 Å². The molecule has 0 saturated heterocycles. The van der Waals surface area contributed by atoms with Gasteiger partial charge in [0.2, 0.25) is 5.95 Å². The van der Waals surface area contributed by atoms with Crippen molar-refractivity contribution in [3.63, 3.8) is 0 Å². The summed E-state index contributed by atoms with van der Waals surface area (Å²) in [6.45, 7) is 6.06. The van der Waals surface area contributed by atoms with E-state index in [4.69, 9.17) is 4.52 Å². The molecule has 0 saturated carbocycles. The van der Waals surface area contributed by atoms with E-state index in [0.717, 1.165) is 23.7 Å². The Morgan fingerprint density at radius 2 is 1.96 bits per heavy atom. The number of benzene rings is 1. The average molecular weight is 309 g/mol. The number of nitrogens with zero attached hydrogens (tertiary/aromatic N) is 3. The minimum absolute atomic E-state index is 0.468. The monoisotopic (exact) mass is 309 g/mol. The van der Waals surface area contributed by atoms with Gasteiger partial charge in [-0.05, 0) is 37.5 Å². The zero-order chi connectivity index (χ0) is 16.2. The molecule has 23 heavy (non-hydrogen) atoms. The number of aromatic nitrogens is 3. The van der Waals surface area contributed by atoms with Crippen LogP contribution in [0.5, 0.6) is 0 Å². The first-order valence-corrected chi connectivity index (χ1v) is 7.54. The molecule has 0 spiro atoms. The Balaban J connectivity index is 1.83. The lowest BCUT2D eigenvalue weighted by Gasteiger charge is -2.13. The second-order valence-corrected chi connectivity index (χ2v) is 5.30. The van der Waals surface area contributed by atoms with Crippen LogP contribution >= 0.6 is 0 Å². The van der Waals surface area contributed by atoms with Gasteiger partial charge in [-0.3, -0.25) is 0 Å². The Hall–Kier alpha value is -2.89. The number of nitrogens with one attached hydrogen (secondary N) is 2. The first-order chi connectivity index (χ1) is 11.2. The molecule has 0 aliphatic carbocycles. The highest BCUT2D eigenvalue weighted by Crippen LogP contribution is 2.25.